The largest absolute Gasteiger partial charge is 0.335 e. The van der Waals surface area contributed by atoms with E-state index in [2.05, 4.69) is 20.8 Å². The summed E-state index contributed by atoms with van der Waals surface area (Å²) in [4.78, 5) is 24.4. The molecule has 150 valence electrons. The zero-order chi connectivity index (χ0) is 20.1. The Morgan fingerprint density at radius 1 is 1.25 bits per heavy atom. The number of nitrogens with zero attached hydrogens (tertiary/aromatic N) is 3. The van der Waals surface area contributed by atoms with Crippen LogP contribution in [0.1, 0.15) is 45.1 Å². The lowest BCUT2D eigenvalue weighted by Gasteiger charge is -2.15. The van der Waals surface area contributed by atoms with Crippen molar-refractivity contribution in [3.63, 3.8) is 0 Å². The van der Waals surface area contributed by atoms with E-state index < -0.39 is 11.3 Å². The number of rotatable bonds is 6. The predicted molar refractivity (Wildman–Crippen MR) is 110 cm³/mol. The SMILES string of the molecule is CCn1c(S[C@H](C)C(=O)NC(=O)NC2CCCC2)nnc1-c1ccccc1C. The molecule has 0 radical (unpaired) electrons. The van der Waals surface area contributed by atoms with Crippen LogP contribution >= 0.6 is 11.8 Å². The Bertz CT molecular complexity index is 845. The molecule has 1 aromatic carbocycles. The molecule has 1 atom stereocenters. The number of carbonyl (C=O) groups is 2. The third kappa shape index (κ3) is 4.73. The molecule has 1 aliphatic carbocycles. The van der Waals surface area contributed by atoms with Gasteiger partial charge in [0.2, 0.25) is 5.91 Å². The molecule has 3 amide bonds. The fourth-order valence-electron chi connectivity index (χ4n) is 3.40. The van der Waals surface area contributed by atoms with Crippen molar-refractivity contribution < 1.29 is 9.59 Å². The number of aromatic nitrogens is 3. The first kappa shape index (κ1) is 20.4. The van der Waals surface area contributed by atoms with Gasteiger partial charge in [-0.05, 0) is 39.2 Å². The highest BCUT2D eigenvalue weighted by atomic mass is 32.2. The number of hydrogen-bond acceptors (Lipinski definition) is 5. The zero-order valence-electron chi connectivity index (χ0n) is 16.6. The molecule has 3 rings (SSSR count). The van der Waals surface area contributed by atoms with Crippen LogP contribution in [-0.4, -0.2) is 38.0 Å². The van der Waals surface area contributed by atoms with E-state index in [1.165, 1.54) is 11.8 Å². The van der Waals surface area contributed by atoms with Gasteiger partial charge in [0, 0.05) is 18.2 Å². The number of nitrogens with one attached hydrogen (secondary N) is 2. The molecule has 2 N–H and O–H groups in total. The summed E-state index contributed by atoms with van der Waals surface area (Å²) < 4.78 is 2.00. The molecule has 28 heavy (non-hydrogen) atoms. The number of benzene rings is 1. The van der Waals surface area contributed by atoms with E-state index in [9.17, 15) is 9.59 Å². The van der Waals surface area contributed by atoms with Crippen molar-refractivity contribution in [3.8, 4) is 11.4 Å². The van der Waals surface area contributed by atoms with Crippen molar-refractivity contribution in [2.45, 2.75) is 69.4 Å². The summed E-state index contributed by atoms with van der Waals surface area (Å²) in [6.45, 7) is 6.52. The van der Waals surface area contributed by atoms with Crippen LogP contribution in [0.2, 0.25) is 0 Å². The van der Waals surface area contributed by atoms with Gasteiger partial charge in [-0.3, -0.25) is 10.1 Å². The van der Waals surface area contributed by atoms with Crippen molar-refractivity contribution >= 4 is 23.7 Å². The highest BCUT2D eigenvalue weighted by molar-refractivity contribution is 8.00. The van der Waals surface area contributed by atoms with Crippen molar-refractivity contribution in [1.29, 1.82) is 0 Å². The highest BCUT2D eigenvalue weighted by Crippen LogP contribution is 2.28. The summed E-state index contributed by atoms with van der Waals surface area (Å²) >= 11 is 1.31. The van der Waals surface area contributed by atoms with Gasteiger partial charge < -0.3 is 9.88 Å². The van der Waals surface area contributed by atoms with Crippen LogP contribution < -0.4 is 10.6 Å². The molecule has 1 heterocycles. The molecule has 0 unspecified atom stereocenters. The van der Waals surface area contributed by atoms with Crippen LogP contribution in [-0.2, 0) is 11.3 Å². The normalized spacial score (nSPS) is 15.4. The zero-order valence-corrected chi connectivity index (χ0v) is 17.4. The summed E-state index contributed by atoms with van der Waals surface area (Å²) in [5.41, 5.74) is 2.15. The topological polar surface area (TPSA) is 88.9 Å². The van der Waals surface area contributed by atoms with E-state index in [1.807, 2.05) is 42.7 Å². The van der Waals surface area contributed by atoms with Gasteiger partial charge in [0.05, 0.1) is 5.25 Å². The van der Waals surface area contributed by atoms with Gasteiger partial charge in [0.15, 0.2) is 11.0 Å². The number of carbonyl (C=O) groups excluding carboxylic acids is 2. The standard InChI is InChI=1S/C20H27N5O2S/c1-4-25-17(16-12-8-5-9-13(16)2)23-24-20(25)28-14(3)18(26)22-19(27)21-15-10-6-7-11-15/h5,8-9,12,14-15H,4,6-7,10-11H2,1-3H3,(H2,21,22,26,27)/t14-/m1/s1. The predicted octanol–water partition coefficient (Wildman–Crippen LogP) is 3.52. The Labute approximate surface area is 169 Å². The molecule has 1 fully saturated rings. The number of urea groups is 1. The summed E-state index contributed by atoms with van der Waals surface area (Å²) in [5, 5.41) is 14.1. The van der Waals surface area contributed by atoms with Gasteiger partial charge >= 0.3 is 6.03 Å². The highest BCUT2D eigenvalue weighted by Gasteiger charge is 2.23. The fraction of sp³-hybridized carbons (Fsp3) is 0.500. The van der Waals surface area contributed by atoms with Gasteiger partial charge in [-0.25, -0.2) is 4.79 Å². The third-order valence-corrected chi connectivity index (χ3v) is 6.08. The molecule has 0 saturated heterocycles. The first-order chi connectivity index (χ1) is 13.5. The van der Waals surface area contributed by atoms with E-state index in [0.29, 0.717) is 11.7 Å². The Morgan fingerprint density at radius 3 is 2.64 bits per heavy atom. The molecular weight excluding hydrogens is 374 g/mol. The lowest BCUT2D eigenvalue weighted by Crippen LogP contribution is -2.45. The Balaban J connectivity index is 1.65. The van der Waals surface area contributed by atoms with Crippen molar-refractivity contribution in [3.05, 3.63) is 29.8 Å². The first-order valence-corrected chi connectivity index (χ1v) is 10.6. The number of amides is 3. The number of hydrogen-bond donors (Lipinski definition) is 2. The Kier molecular flexibility index (Phi) is 6.72. The van der Waals surface area contributed by atoms with E-state index in [-0.39, 0.29) is 11.9 Å². The van der Waals surface area contributed by atoms with Crippen LogP contribution in [0.3, 0.4) is 0 Å². The molecule has 0 aliphatic heterocycles. The van der Waals surface area contributed by atoms with Crippen LogP contribution in [0, 0.1) is 6.92 Å². The molecule has 1 aromatic heterocycles. The van der Waals surface area contributed by atoms with Gasteiger partial charge in [0.25, 0.3) is 0 Å². The smallest absolute Gasteiger partial charge is 0.321 e. The van der Waals surface area contributed by atoms with Gasteiger partial charge in [-0.15, -0.1) is 10.2 Å². The maximum atomic E-state index is 12.4. The Hall–Kier alpha value is -2.35. The second kappa shape index (κ2) is 9.23. The minimum atomic E-state index is -0.464. The Morgan fingerprint density at radius 2 is 1.96 bits per heavy atom. The van der Waals surface area contributed by atoms with Crippen LogP contribution in [0.25, 0.3) is 11.4 Å². The molecule has 0 spiro atoms. The van der Waals surface area contributed by atoms with E-state index in [4.69, 9.17) is 0 Å². The monoisotopic (exact) mass is 401 g/mol. The molecular formula is C20H27N5O2S. The number of aryl methyl sites for hydroxylation is 1. The molecule has 2 aromatic rings. The molecule has 0 bridgehead atoms. The number of imide groups is 1. The minimum absolute atomic E-state index is 0.176. The van der Waals surface area contributed by atoms with Crippen LogP contribution in [0.15, 0.2) is 29.4 Å². The number of thioether (sulfide) groups is 1. The summed E-state index contributed by atoms with van der Waals surface area (Å²) in [6.07, 6.45) is 4.21. The lowest BCUT2D eigenvalue weighted by atomic mass is 10.1. The van der Waals surface area contributed by atoms with E-state index >= 15 is 0 Å². The quantitative estimate of drug-likeness (QED) is 0.723. The fourth-order valence-corrected chi connectivity index (χ4v) is 4.31. The second-order valence-corrected chi connectivity index (χ2v) is 8.38. The average Bonchev–Trinajstić information content (AvgIpc) is 3.31. The van der Waals surface area contributed by atoms with Gasteiger partial charge in [0.1, 0.15) is 0 Å². The van der Waals surface area contributed by atoms with E-state index in [1.54, 1.807) is 6.92 Å². The second-order valence-electron chi connectivity index (χ2n) is 7.07. The maximum absolute atomic E-state index is 12.4. The lowest BCUT2D eigenvalue weighted by molar-refractivity contribution is -0.119. The van der Waals surface area contributed by atoms with Crippen molar-refractivity contribution in [2.75, 3.05) is 0 Å². The van der Waals surface area contributed by atoms with Gasteiger partial charge in [-0.1, -0.05) is 48.9 Å². The van der Waals surface area contributed by atoms with E-state index in [0.717, 1.165) is 42.6 Å². The molecule has 8 heteroatoms. The third-order valence-electron chi connectivity index (χ3n) is 5.00. The average molecular weight is 402 g/mol. The summed E-state index contributed by atoms with van der Waals surface area (Å²) in [7, 11) is 0. The summed E-state index contributed by atoms with van der Waals surface area (Å²) in [6, 6.07) is 7.78. The maximum Gasteiger partial charge on any atom is 0.321 e. The van der Waals surface area contributed by atoms with Crippen LogP contribution in [0.5, 0.6) is 0 Å². The van der Waals surface area contributed by atoms with Crippen molar-refractivity contribution in [1.82, 2.24) is 25.4 Å². The molecule has 1 aliphatic rings. The molecule has 7 nitrogen and oxygen atoms in total. The van der Waals surface area contributed by atoms with Crippen molar-refractivity contribution in [2.24, 2.45) is 0 Å². The summed E-state index contributed by atoms with van der Waals surface area (Å²) in [5.74, 6) is 0.457. The van der Waals surface area contributed by atoms with Gasteiger partial charge in [-0.2, -0.15) is 0 Å². The minimum Gasteiger partial charge on any atom is -0.335 e. The van der Waals surface area contributed by atoms with Crippen LogP contribution in [0.4, 0.5) is 4.79 Å². The molecule has 1 saturated carbocycles. The first-order valence-electron chi connectivity index (χ1n) is 9.76.